The number of hydrogen-bond donors (Lipinski definition) is 1. The Labute approximate surface area is 89.1 Å². The maximum Gasteiger partial charge on any atom is 0.405 e. The molecule has 0 atom stereocenters. The van der Waals surface area contributed by atoms with Gasteiger partial charge in [-0.1, -0.05) is 12.2 Å². The van der Waals surface area contributed by atoms with Gasteiger partial charge in [0.25, 0.3) is 0 Å². The van der Waals surface area contributed by atoms with E-state index < -0.39 is 18.5 Å². The van der Waals surface area contributed by atoms with Crippen LogP contribution >= 0.6 is 12.2 Å². The van der Waals surface area contributed by atoms with E-state index in [-0.39, 0.29) is 4.99 Å². The van der Waals surface area contributed by atoms with Gasteiger partial charge in [-0.05, 0) is 24.3 Å². The number of alkyl halides is 3. The summed E-state index contributed by atoms with van der Waals surface area (Å²) in [6, 6.07) is 4.91. The average Bonchev–Trinajstić information content (AvgIpc) is 2.14. The summed E-state index contributed by atoms with van der Waals surface area (Å²) in [5.74, 6) is -0.461. The van der Waals surface area contributed by atoms with E-state index in [1.165, 1.54) is 12.1 Å². The summed E-state index contributed by atoms with van der Waals surface area (Å²) in [6.45, 7) is -1.19. The molecular weight excluding hydrogens is 230 g/mol. The van der Waals surface area contributed by atoms with Crippen LogP contribution in [0.5, 0.6) is 0 Å². The Bertz CT molecular complexity index is 344. The Hall–Kier alpha value is -1.17. The highest BCUT2D eigenvalue weighted by atomic mass is 32.1. The molecule has 0 saturated carbocycles. The molecule has 1 aromatic carbocycles. The zero-order valence-corrected chi connectivity index (χ0v) is 8.25. The van der Waals surface area contributed by atoms with Crippen molar-refractivity contribution in [2.45, 2.75) is 6.18 Å². The normalized spacial score (nSPS) is 11.2. The second-order valence-electron chi connectivity index (χ2n) is 2.80. The molecule has 0 amide bonds. The van der Waals surface area contributed by atoms with Crippen LogP contribution in [0.25, 0.3) is 0 Å². The first kappa shape index (κ1) is 11.9. The highest BCUT2D eigenvalue weighted by molar-refractivity contribution is 7.80. The highest BCUT2D eigenvalue weighted by Gasteiger charge is 2.27. The fourth-order valence-corrected chi connectivity index (χ4v) is 1.09. The van der Waals surface area contributed by atoms with Gasteiger partial charge in [0.15, 0.2) is 0 Å². The van der Waals surface area contributed by atoms with Crippen molar-refractivity contribution < 1.29 is 17.6 Å². The van der Waals surface area contributed by atoms with E-state index in [1.54, 1.807) is 0 Å². The van der Waals surface area contributed by atoms with Crippen molar-refractivity contribution in [1.82, 2.24) is 5.32 Å². The molecular formula is C9H7F4NS. The fourth-order valence-electron chi connectivity index (χ4n) is 0.884. The SMILES string of the molecule is Fc1ccc(C(=S)NCC(F)(F)F)cc1. The third kappa shape index (κ3) is 4.24. The van der Waals surface area contributed by atoms with Crippen molar-refractivity contribution in [2.24, 2.45) is 0 Å². The molecule has 0 fully saturated rings. The Morgan fingerprint density at radius 1 is 1.20 bits per heavy atom. The Morgan fingerprint density at radius 3 is 2.20 bits per heavy atom. The molecule has 1 aromatic rings. The maximum atomic E-state index is 12.5. The van der Waals surface area contributed by atoms with E-state index in [4.69, 9.17) is 12.2 Å². The molecule has 1 N–H and O–H groups in total. The lowest BCUT2D eigenvalue weighted by molar-refractivity contribution is -0.121. The highest BCUT2D eigenvalue weighted by Crippen LogP contribution is 2.13. The summed E-state index contributed by atoms with van der Waals surface area (Å²) in [6.07, 6.45) is -4.32. The predicted molar refractivity (Wildman–Crippen MR) is 52.2 cm³/mol. The van der Waals surface area contributed by atoms with Crippen LogP contribution in [0.3, 0.4) is 0 Å². The summed E-state index contributed by atoms with van der Waals surface area (Å²) in [5.41, 5.74) is 0.357. The third-order valence-electron chi connectivity index (χ3n) is 1.56. The lowest BCUT2D eigenvalue weighted by Crippen LogP contribution is -2.33. The molecule has 0 aliphatic rings. The van der Waals surface area contributed by atoms with Crippen LogP contribution in [0.4, 0.5) is 17.6 Å². The van der Waals surface area contributed by atoms with Crippen molar-refractivity contribution in [2.75, 3.05) is 6.54 Å². The summed E-state index contributed by atoms with van der Waals surface area (Å²) >= 11 is 4.70. The summed E-state index contributed by atoms with van der Waals surface area (Å²) in [7, 11) is 0. The van der Waals surface area contributed by atoms with Gasteiger partial charge >= 0.3 is 6.18 Å². The van der Waals surface area contributed by atoms with E-state index in [0.29, 0.717) is 5.56 Å². The summed E-state index contributed by atoms with van der Waals surface area (Å²) < 4.78 is 47.9. The van der Waals surface area contributed by atoms with E-state index in [1.807, 2.05) is 5.32 Å². The van der Waals surface area contributed by atoms with Gasteiger partial charge in [0.05, 0.1) is 0 Å². The first-order valence-corrected chi connectivity index (χ1v) is 4.40. The lowest BCUT2D eigenvalue weighted by atomic mass is 10.2. The monoisotopic (exact) mass is 237 g/mol. The minimum atomic E-state index is -4.32. The fraction of sp³-hybridized carbons (Fsp3) is 0.222. The van der Waals surface area contributed by atoms with Gasteiger partial charge in [-0.3, -0.25) is 0 Å². The molecule has 15 heavy (non-hydrogen) atoms. The molecule has 0 bridgehead atoms. The number of thiocarbonyl (C=S) groups is 1. The minimum absolute atomic E-state index is 0.0488. The second-order valence-corrected chi connectivity index (χ2v) is 3.21. The topological polar surface area (TPSA) is 12.0 Å². The van der Waals surface area contributed by atoms with Gasteiger partial charge in [-0.2, -0.15) is 13.2 Å². The van der Waals surface area contributed by atoms with Gasteiger partial charge in [-0.25, -0.2) is 4.39 Å². The molecule has 0 heterocycles. The first-order chi connectivity index (χ1) is 6.88. The number of benzene rings is 1. The van der Waals surface area contributed by atoms with Crippen LogP contribution in [-0.2, 0) is 0 Å². The number of halogens is 4. The van der Waals surface area contributed by atoms with Crippen molar-refractivity contribution in [1.29, 1.82) is 0 Å². The Balaban J connectivity index is 2.58. The third-order valence-corrected chi connectivity index (χ3v) is 1.94. The van der Waals surface area contributed by atoms with Crippen LogP contribution in [0.2, 0.25) is 0 Å². The molecule has 0 saturated heterocycles. The van der Waals surface area contributed by atoms with Crippen LogP contribution < -0.4 is 5.32 Å². The standard InChI is InChI=1S/C9H7F4NS/c10-7-3-1-6(2-4-7)8(15)14-5-9(11,12)13/h1-4H,5H2,(H,14,15). The molecule has 0 aromatic heterocycles. The van der Waals surface area contributed by atoms with E-state index in [2.05, 4.69) is 0 Å². The van der Waals surface area contributed by atoms with Crippen LogP contribution in [0, 0.1) is 5.82 Å². The molecule has 0 aliphatic heterocycles. The van der Waals surface area contributed by atoms with Crippen molar-refractivity contribution in [3.63, 3.8) is 0 Å². The summed E-state index contributed by atoms with van der Waals surface area (Å²) in [5, 5.41) is 2.04. The predicted octanol–water partition coefficient (Wildman–Crippen LogP) is 2.65. The molecule has 0 radical (unpaired) electrons. The zero-order chi connectivity index (χ0) is 11.5. The number of hydrogen-bond acceptors (Lipinski definition) is 1. The lowest BCUT2D eigenvalue weighted by Gasteiger charge is -2.10. The first-order valence-electron chi connectivity index (χ1n) is 3.99. The number of nitrogens with one attached hydrogen (secondary N) is 1. The van der Waals surface area contributed by atoms with E-state index >= 15 is 0 Å². The van der Waals surface area contributed by atoms with Crippen molar-refractivity contribution in [3.8, 4) is 0 Å². The molecule has 1 rings (SSSR count). The zero-order valence-electron chi connectivity index (χ0n) is 7.44. The molecule has 82 valence electrons. The van der Waals surface area contributed by atoms with E-state index in [9.17, 15) is 17.6 Å². The molecule has 0 unspecified atom stereocenters. The van der Waals surface area contributed by atoms with Gasteiger partial charge in [0.2, 0.25) is 0 Å². The number of rotatable bonds is 2. The Morgan fingerprint density at radius 2 is 1.73 bits per heavy atom. The average molecular weight is 237 g/mol. The molecule has 6 heteroatoms. The van der Waals surface area contributed by atoms with E-state index in [0.717, 1.165) is 12.1 Å². The van der Waals surface area contributed by atoms with Gasteiger partial charge in [-0.15, -0.1) is 0 Å². The molecule has 1 nitrogen and oxygen atoms in total. The van der Waals surface area contributed by atoms with Gasteiger partial charge < -0.3 is 5.32 Å². The van der Waals surface area contributed by atoms with Crippen molar-refractivity contribution >= 4 is 17.2 Å². The van der Waals surface area contributed by atoms with Crippen LogP contribution in [0.1, 0.15) is 5.56 Å². The van der Waals surface area contributed by atoms with Crippen LogP contribution in [-0.4, -0.2) is 17.7 Å². The van der Waals surface area contributed by atoms with Gasteiger partial charge in [0, 0.05) is 5.56 Å². The minimum Gasteiger partial charge on any atom is -0.367 e. The summed E-state index contributed by atoms with van der Waals surface area (Å²) in [4.78, 5) is -0.0488. The second kappa shape index (κ2) is 4.57. The van der Waals surface area contributed by atoms with Crippen LogP contribution in [0.15, 0.2) is 24.3 Å². The molecule has 0 spiro atoms. The van der Waals surface area contributed by atoms with Gasteiger partial charge in [0.1, 0.15) is 17.4 Å². The maximum absolute atomic E-state index is 12.5. The Kier molecular flexibility index (Phi) is 3.62. The smallest absolute Gasteiger partial charge is 0.367 e. The molecule has 0 aliphatic carbocycles. The quantitative estimate of drug-likeness (QED) is 0.627. The largest absolute Gasteiger partial charge is 0.405 e. The van der Waals surface area contributed by atoms with Crippen molar-refractivity contribution in [3.05, 3.63) is 35.6 Å².